The summed E-state index contributed by atoms with van der Waals surface area (Å²) in [6.45, 7) is 5.70. The molecule has 0 aliphatic rings. The summed E-state index contributed by atoms with van der Waals surface area (Å²) in [6, 6.07) is 7.01. The maximum atomic E-state index is 12.1. The van der Waals surface area contributed by atoms with Crippen LogP contribution in [-0.4, -0.2) is 24.7 Å². The van der Waals surface area contributed by atoms with Gasteiger partial charge in [0, 0.05) is 12.2 Å². The summed E-state index contributed by atoms with van der Waals surface area (Å²) >= 11 is 0. The first-order valence-electron chi connectivity index (χ1n) is 6.66. The molecule has 21 heavy (non-hydrogen) atoms. The molecule has 7 heteroatoms. The van der Waals surface area contributed by atoms with Crippen molar-refractivity contribution >= 4 is 10.0 Å². The zero-order chi connectivity index (χ0) is 15.5. The number of rotatable bonds is 6. The van der Waals surface area contributed by atoms with Crippen molar-refractivity contribution in [2.45, 2.75) is 37.8 Å². The van der Waals surface area contributed by atoms with Crippen LogP contribution in [0.3, 0.4) is 0 Å². The van der Waals surface area contributed by atoms with Crippen molar-refractivity contribution in [3.8, 4) is 5.75 Å². The zero-order valence-electron chi connectivity index (χ0n) is 12.2. The average Bonchev–Trinajstić information content (AvgIpc) is 2.93. The van der Waals surface area contributed by atoms with Crippen LogP contribution in [0.2, 0.25) is 0 Å². The third kappa shape index (κ3) is 4.05. The number of hydrogen-bond donors (Lipinski definition) is 2. The second-order valence-corrected chi connectivity index (χ2v) is 6.73. The van der Waals surface area contributed by atoms with Gasteiger partial charge in [0.2, 0.25) is 10.0 Å². The Morgan fingerprint density at radius 1 is 1.19 bits per heavy atom. The van der Waals surface area contributed by atoms with E-state index in [-0.39, 0.29) is 17.0 Å². The van der Waals surface area contributed by atoms with Crippen LogP contribution in [0.1, 0.15) is 32.4 Å². The molecule has 1 unspecified atom stereocenters. The molecule has 1 heterocycles. The van der Waals surface area contributed by atoms with E-state index >= 15 is 0 Å². The molecule has 0 spiro atoms. The van der Waals surface area contributed by atoms with E-state index < -0.39 is 10.0 Å². The first kappa shape index (κ1) is 15.5. The van der Waals surface area contributed by atoms with Gasteiger partial charge in [0.15, 0.2) is 0 Å². The largest absolute Gasteiger partial charge is 0.491 e. The molecule has 2 N–H and O–H groups in total. The van der Waals surface area contributed by atoms with E-state index in [2.05, 4.69) is 14.9 Å². The van der Waals surface area contributed by atoms with Crippen molar-refractivity contribution in [3.05, 3.63) is 42.2 Å². The summed E-state index contributed by atoms with van der Waals surface area (Å²) in [7, 11) is -3.57. The van der Waals surface area contributed by atoms with E-state index in [1.54, 1.807) is 6.92 Å². The van der Waals surface area contributed by atoms with Crippen molar-refractivity contribution < 1.29 is 13.2 Å². The Morgan fingerprint density at radius 3 is 2.38 bits per heavy atom. The highest BCUT2D eigenvalue weighted by molar-refractivity contribution is 7.89. The molecule has 114 valence electrons. The van der Waals surface area contributed by atoms with Gasteiger partial charge in [-0.05, 0) is 38.5 Å². The smallest absolute Gasteiger partial charge is 0.244 e. The fraction of sp³-hybridized carbons (Fsp3) is 0.357. The van der Waals surface area contributed by atoms with E-state index in [4.69, 9.17) is 4.74 Å². The molecule has 2 rings (SSSR count). The van der Waals surface area contributed by atoms with Gasteiger partial charge in [0.25, 0.3) is 0 Å². The molecular weight excluding hydrogens is 290 g/mol. The number of ether oxygens (including phenoxy) is 1. The lowest BCUT2D eigenvalue weighted by atomic mass is 10.1. The van der Waals surface area contributed by atoms with Crippen LogP contribution < -0.4 is 9.46 Å². The fourth-order valence-corrected chi connectivity index (χ4v) is 3.00. The van der Waals surface area contributed by atoms with Gasteiger partial charge in [0.05, 0.1) is 12.3 Å². The molecule has 0 aliphatic carbocycles. The molecule has 2 aromatic rings. The third-order valence-electron chi connectivity index (χ3n) is 2.87. The average molecular weight is 309 g/mol. The molecular formula is C14H19N3O3S. The van der Waals surface area contributed by atoms with Crippen molar-refractivity contribution in [2.75, 3.05) is 0 Å². The summed E-state index contributed by atoms with van der Waals surface area (Å²) < 4.78 is 32.4. The van der Waals surface area contributed by atoms with Gasteiger partial charge in [-0.15, -0.1) is 0 Å². The van der Waals surface area contributed by atoms with E-state index in [9.17, 15) is 8.42 Å². The number of H-pyrrole nitrogens is 1. The van der Waals surface area contributed by atoms with Crippen LogP contribution in [0.4, 0.5) is 0 Å². The van der Waals surface area contributed by atoms with Crippen LogP contribution in [-0.2, 0) is 10.0 Å². The molecule has 0 amide bonds. The lowest BCUT2D eigenvalue weighted by Gasteiger charge is -2.15. The highest BCUT2D eigenvalue weighted by Gasteiger charge is 2.19. The highest BCUT2D eigenvalue weighted by atomic mass is 32.2. The van der Waals surface area contributed by atoms with Crippen LogP contribution >= 0.6 is 0 Å². The van der Waals surface area contributed by atoms with Crippen LogP contribution in [0, 0.1) is 0 Å². The Morgan fingerprint density at radius 2 is 1.86 bits per heavy atom. The van der Waals surface area contributed by atoms with Gasteiger partial charge in [-0.2, -0.15) is 5.10 Å². The monoisotopic (exact) mass is 309 g/mol. The van der Waals surface area contributed by atoms with Gasteiger partial charge in [-0.25, -0.2) is 13.1 Å². The van der Waals surface area contributed by atoms with Crippen LogP contribution in [0.5, 0.6) is 5.75 Å². The number of hydrogen-bond acceptors (Lipinski definition) is 4. The van der Waals surface area contributed by atoms with Crippen molar-refractivity contribution in [1.82, 2.24) is 14.9 Å². The predicted molar refractivity (Wildman–Crippen MR) is 79.5 cm³/mol. The van der Waals surface area contributed by atoms with Gasteiger partial charge in [-0.1, -0.05) is 12.1 Å². The van der Waals surface area contributed by atoms with Crippen molar-refractivity contribution in [2.24, 2.45) is 0 Å². The molecule has 1 aromatic heterocycles. The molecule has 1 aromatic carbocycles. The molecule has 6 nitrogen and oxygen atoms in total. The van der Waals surface area contributed by atoms with Crippen LogP contribution in [0.15, 0.2) is 41.6 Å². The van der Waals surface area contributed by atoms with Gasteiger partial charge >= 0.3 is 0 Å². The second-order valence-electron chi connectivity index (χ2n) is 5.01. The quantitative estimate of drug-likeness (QED) is 0.857. The Balaban J connectivity index is 2.08. The summed E-state index contributed by atoms with van der Waals surface area (Å²) in [4.78, 5) is 0.120. The number of nitrogens with zero attached hydrogens (tertiary/aromatic N) is 1. The van der Waals surface area contributed by atoms with E-state index in [0.717, 1.165) is 11.3 Å². The first-order chi connectivity index (χ1) is 9.88. The Kier molecular flexibility index (Phi) is 4.64. The zero-order valence-corrected chi connectivity index (χ0v) is 13.0. The van der Waals surface area contributed by atoms with E-state index in [1.165, 1.54) is 12.4 Å². The van der Waals surface area contributed by atoms with E-state index in [0.29, 0.717) is 0 Å². The lowest BCUT2D eigenvalue weighted by molar-refractivity contribution is 0.242. The molecule has 1 atom stereocenters. The minimum Gasteiger partial charge on any atom is -0.491 e. The minimum absolute atomic E-state index is 0.105. The topological polar surface area (TPSA) is 84.1 Å². The molecule has 0 bridgehead atoms. The summed E-state index contributed by atoms with van der Waals surface area (Å²) in [5.41, 5.74) is 0.859. The lowest BCUT2D eigenvalue weighted by Crippen LogP contribution is -2.26. The molecule has 0 aliphatic heterocycles. The summed E-state index contributed by atoms with van der Waals surface area (Å²) in [5, 5.41) is 6.14. The Labute approximate surface area is 124 Å². The maximum absolute atomic E-state index is 12.1. The highest BCUT2D eigenvalue weighted by Crippen LogP contribution is 2.20. The first-order valence-corrected chi connectivity index (χ1v) is 8.14. The maximum Gasteiger partial charge on any atom is 0.244 e. The van der Waals surface area contributed by atoms with Crippen molar-refractivity contribution in [1.29, 1.82) is 0 Å². The molecule has 0 saturated carbocycles. The van der Waals surface area contributed by atoms with Crippen molar-refractivity contribution in [3.63, 3.8) is 0 Å². The number of nitrogens with one attached hydrogen (secondary N) is 2. The number of aromatic amines is 1. The summed E-state index contributed by atoms with van der Waals surface area (Å²) in [5.74, 6) is 0.763. The minimum atomic E-state index is -3.57. The predicted octanol–water partition coefficient (Wildman–Crippen LogP) is 2.24. The Bertz CT molecular complexity index is 664. The van der Waals surface area contributed by atoms with Gasteiger partial charge in [0.1, 0.15) is 10.6 Å². The standard InChI is InChI=1S/C14H19N3O3S/c1-10(2)20-13-6-4-12(5-7-13)11(3)17-21(18,19)14-8-15-16-9-14/h4-11,17H,1-3H3,(H,15,16). The fourth-order valence-electron chi connectivity index (χ4n) is 1.86. The van der Waals surface area contributed by atoms with Crippen LogP contribution in [0.25, 0.3) is 0 Å². The third-order valence-corrected chi connectivity index (χ3v) is 4.37. The SMILES string of the molecule is CC(C)Oc1ccc(C(C)NS(=O)(=O)c2cn[nH]c2)cc1. The second kappa shape index (κ2) is 6.28. The normalized spacial score (nSPS) is 13.3. The number of aromatic nitrogens is 2. The molecule has 0 fully saturated rings. The molecule has 0 radical (unpaired) electrons. The number of sulfonamides is 1. The van der Waals surface area contributed by atoms with Gasteiger partial charge < -0.3 is 4.74 Å². The Hall–Kier alpha value is -1.86. The summed E-state index contributed by atoms with van der Waals surface area (Å²) in [6.07, 6.45) is 2.72. The van der Waals surface area contributed by atoms with E-state index in [1.807, 2.05) is 38.1 Å². The van der Waals surface area contributed by atoms with Gasteiger partial charge in [-0.3, -0.25) is 5.10 Å². The molecule has 0 saturated heterocycles. The number of benzene rings is 1.